The first-order chi connectivity index (χ1) is 17.6. The van der Waals surface area contributed by atoms with Crippen LogP contribution in [0.25, 0.3) is 0 Å². The van der Waals surface area contributed by atoms with E-state index in [0.29, 0.717) is 31.4 Å². The summed E-state index contributed by atoms with van der Waals surface area (Å²) >= 11 is 0. The molecule has 0 saturated carbocycles. The van der Waals surface area contributed by atoms with Crippen LogP contribution in [-0.2, 0) is 6.42 Å². The van der Waals surface area contributed by atoms with E-state index in [1.165, 1.54) is 18.4 Å². The number of nitrogens with two attached hydrogens (primary N) is 1. The zero-order valence-corrected chi connectivity index (χ0v) is 22.9. The van der Waals surface area contributed by atoms with Gasteiger partial charge in [-0.2, -0.15) is 0 Å². The highest BCUT2D eigenvalue weighted by atomic mass is 16.5. The summed E-state index contributed by atoms with van der Waals surface area (Å²) in [5, 5.41) is 13.8. The molecule has 0 spiro atoms. The molecule has 0 aliphatic carbocycles. The lowest BCUT2D eigenvalue weighted by atomic mass is 10.0. The van der Waals surface area contributed by atoms with Crippen LogP contribution in [-0.4, -0.2) is 38.0 Å². The number of hydrogen-bond acceptors (Lipinski definition) is 5. The van der Waals surface area contributed by atoms with E-state index >= 15 is 0 Å². The molecule has 0 aliphatic rings. The van der Waals surface area contributed by atoms with Crippen molar-refractivity contribution in [2.45, 2.75) is 78.2 Å². The average Bonchev–Trinajstić information content (AvgIpc) is 2.90. The van der Waals surface area contributed by atoms with E-state index in [-0.39, 0.29) is 0 Å². The van der Waals surface area contributed by atoms with E-state index < -0.39 is 6.10 Å². The van der Waals surface area contributed by atoms with E-state index in [1.807, 2.05) is 24.3 Å². The van der Waals surface area contributed by atoms with Crippen molar-refractivity contribution < 1.29 is 14.6 Å². The largest absolute Gasteiger partial charge is 0.493 e. The first-order valence-corrected chi connectivity index (χ1v) is 14.1. The fraction of sp³-hybridized carbons (Fsp3) is 0.613. The summed E-state index contributed by atoms with van der Waals surface area (Å²) in [6.07, 6.45) is 7.94. The first-order valence-electron chi connectivity index (χ1n) is 14.1. The van der Waals surface area contributed by atoms with Gasteiger partial charge >= 0.3 is 0 Å². The molecule has 4 N–H and O–H groups in total. The van der Waals surface area contributed by atoms with Crippen molar-refractivity contribution in [1.82, 2.24) is 5.32 Å². The quantitative estimate of drug-likeness (QED) is 0.187. The minimum atomic E-state index is -0.529. The van der Waals surface area contributed by atoms with Gasteiger partial charge in [0.1, 0.15) is 11.5 Å². The van der Waals surface area contributed by atoms with Gasteiger partial charge in [0.05, 0.1) is 19.3 Å². The zero-order valence-electron chi connectivity index (χ0n) is 22.9. The van der Waals surface area contributed by atoms with Crippen molar-refractivity contribution in [3.05, 3.63) is 59.7 Å². The number of aryl methyl sites for hydroxylation is 1. The van der Waals surface area contributed by atoms with Crippen LogP contribution >= 0.6 is 0 Å². The van der Waals surface area contributed by atoms with Gasteiger partial charge in [0.25, 0.3) is 0 Å². The van der Waals surface area contributed by atoms with Crippen molar-refractivity contribution in [2.24, 2.45) is 17.6 Å². The number of hydrogen-bond donors (Lipinski definition) is 3. The maximum atomic E-state index is 10.2. The van der Waals surface area contributed by atoms with Gasteiger partial charge in [0.2, 0.25) is 0 Å². The summed E-state index contributed by atoms with van der Waals surface area (Å²) in [5.74, 6) is 2.97. The lowest BCUT2D eigenvalue weighted by Gasteiger charge is -2.18. The third-order valence-electron chi connectivity index (χ3n) is 6.95. The number of ether oxygens (including phenoxy) is 2. The zero-order chi connectivity index (χ0) is 26.0. The summed E-state index contributed by atoms with van der Waals surface area (Å²) in [5.41, 5.74) is 7.79. The Morgan fingerprint density at radius 3 is 2.22 bits per heavy atom. The molecular formula is C31H50N2O3. The Morgan fingerprint density at radius 1 is 0.833 bits per heavy atom. The Balaban J connectivity index is 1.67. The van der Waals surface area contributed by atoms with Crippen LogP contribution in [0.3, 0.4) is 0 Å². The van der Waals surface area contributed by atoms with Gasteiger partial charge in [-0.05, 0) is 99.0 Å². The highest BCUT2D eigenvalue weighted by Crippen LogP contribution is 2.23. The van der Waals surface area contributed by atoms with Crippen LogP contribution in [0.1, 0.15) is 82.9 Å². The van der Waals surface area contributed by atoms with E-state index in [0.717, 1.165) is 68.9 Å². The fourth-order valence-electron chi connectivity index (χ4n) is 4.45. The molecule has 2 rings (SSSR count). The second-order valence-electron chi connectivity index (χ2n) is 9.91. The Morgan fingerprint density at radius 2 is 1.53 bits per heavy atom. The number of rotatable bonds is 20. The number of benzene rings is 2. The van der Waals surface area contributed by atoms with E-state index in [4.69, 9.17) is 15.2 Å². The average molecular weight is 499 g/mol. The van der Waals surface area contributed by atoms with Crippen LogP contribution in [0, 0.1) is 11.8 Å². The third kappa shape index (κ3) is 11.8. The van der Waals surface area contributed by atoms with E-state index in [2.05, 4.69) is 50.4 Å². The van der Waals surface area contributed by atoms with Crippen molar-refractivity contribution in [1.29, 1.82) is 0 Å². The van der Waals surface area contributed by atoms with Crippen molar-refractivity contribution in [2.75, 3.05) is 32.8 Å². The monoisotopic (exact) mass is 498 g/mol. The van der Waals surface area contributed by atoms with Gasteiger partial charge in [-0.3, -0.25) is 0 Å². The molecule has 5 nitrogen and oxygen atoms in total. The normalized spacial score (nSPS) is 13.1. The SMILES string of the molecule is CCCC(CCNCCCc1cccc(OCC(CC)CC)c1)COc1cccc(C(O)CCN)c1. The summed E-state index contributed by atoms with van der Waals surface area (Å²) < 4.78 is 12.1. The van der Waals surface area contributed by atoms with Gasteiger partial charge in [-0.25, -0.2) is 0 Å². The molecule has 0 radical (unpaired) electrons. The number of aliphatic hydroxyl groups excluding tert-OH is 1. The molecule has 0 aromatic heterocycles. The maximum Gasteiger partial charge on any atom is 0.119 e. The predicted molar refractivity (Wildman–Crippen MR) is 151 cm³/mol. The molecule has 0 amide bonds. The van der Waals surface area contributed by atoms with Crippen LogP contribution in [0.15, 0.2) is 48.5 Å². The number of aliphatic hydroxyl groups is 1. The van der Waals surface area contributed by atoms with Crippen LogP contribution in [0.4, 0.5) is 0 Å². The Kier molecular flexibility index (Phi) is 15.2. The summed E-state index contributed by atoms with van der Waals surface area (Å²) in [6.45, 7) is 10.7. The first kappa shape index (κ1) is 30.1. The maximum absolute atomic E-state index is 10.2. The topological polar surface area (TPSA) is 76.7 Å². The molecule has 2 atom stereocenters. The van der Waals surface area contributed by atoms with Gasteiger partial charge in [-0.1, -0.05) is 64.3 Å². The molecule has 0 aliphatic heterocycles. The van der Waals surface area contributed by atoms with Crippen LogP contribution in [0.5, 0.6) is 11.5 Å². The lowest BCUT2D eigenvalue weighted by molar-refractivity contribution is 0.169. The molecule has 2 aromatic rings. The summed E-state index contributed by atoms with van der Waals surface area (Å²) in [7, 11) is 0. The second kappa shape index (κ2) is 18.2. The molecule has 5 heteroatoms. The van der Waals surface area contributed by atoms with Gasteiger partial charge in [0.15, 0.2) is 0 Å². The van der Waals surface area contributed by atoms with E-state index in [9.17, 15) is 5.11 Å². The molecule has 36 heavy (non-hydrogen) atoms. The van der Waals surface area contributed by atoms with Gasteiger partial charge in [-0.15, -0.1) is 0 Å². The highest BCUT2D eigenvalue weighted by Gasteiger charge is 2.11. The Bertz CT molecular complexity index is 825. The Labute approximate surface area is 219 Å². The van der Waals surface area contributed by atoms with Crippen molar-refractivity contribution in [3.63, 3.8) is 0 Å². The van der Waals surface area contributed by atoms with E-state index in [1.54, 1.807) is 0 Å². The standard InChI is InChI=1S/C31H50N2O3/c1-4-10-27(24-36-30-15-8-13-28(22-30)31(34)16-18-32)17-20-33-19-9-12-26-11-7-14-29(21-26)35-23-25(5-2)6-3/h7-8,11,13-15,21-22,25,27,31,33-34H,4-6,9-10,12,16-20,23-24,32H2,1-3H3. The molecule has 0 saturated heterocycles. The molecule has 202 valence electrons. The van der Waals surface area contributed by atoms with Gasteiger partial charge < -0.3 is 25.6 Å². The van der Waals surface area contributed by atoms with Gasteiger partial charge in [0, 0.05) is 0 Å². The molecular weight excluding hydrogens is 448 g/mol. The van der Waals surface area contributed by atoms with Crippen molar-refractivity contribution in [3.8, 4) is 11.5 Å². The second-order valence-corrected chi connectivity index (χ2v) is 9.91. The molecule has 0 fully saturated rings. The summed E-state index contributed by atoms with van der Waals surface area (Å²) in [4.78, 5) is 0. The molecule has 2 aromatic carbocycles. The van der Waals surface area contributed by atoms with Crippen LogP contribution < -0.4 is 20.5 Å². The molecule has 2 unspecified atom stereocenters. The predicted octanol–water partition coefficient (Wildman–Crippen LogP) is 6.29. The third-order valence-corrected chi connectivity index (χ3v) is 6.95. The highest BCUT2D eigenvalue weighted by molar-refractivity contribution is 5.30. The molecule has 0 bridgehead atoms. The minimum Gasteiger partial charge on any atom is -0.493 e. The smallest absolute Gasteiger partial charge is 0.119 e. The summed E-state index contributed by atoms with van der Waals surface area (Å²) in [6, 6.07) is 16.3. The Hall–Kier alpha value is -2.08. The minimum absolute atomic E-state index is 0.469. The van der Waals surface area contributed by atoms with Crippen molar-refractivity contribution >= 4 is 0 Å². The van der Waals surface area contributed by atoms with Crippen LogP contribution in [0.2, 0.25) is 0 Å². The molecule has 0 heterocycles. The lowest BCUT2D eigenvalue weighted by Crippen LogP contribution is -2.22. The fourth-order valence-corrected chi connectivity index (χ4v) is 4.45. The number of nitrogens with one attached hydrogen (secondary N) is 1.